The fourth-order valence-corrected chi connectivity index (χ4v) is 4.65. The van der Waals surface area contributed by atoms with Gasteiger partial charge in [0, 0.05) is 23.7 Å². The number of hydrogen-bond donors (Lipinski definition) is 1. The van der Waals surface area contributed by atoms with Gasteiger partial charge in [-0.2, -0.15) is 0 Å². The number of thiocarbonyl (C=S) groups is 1. The van der Waals surface area contributed by atoms with Crippen molar-refractivity contribution in [2.24, 2.45) is 0 Å². The minimum Gasteiger partial charge on any atom is -0.326 e. The van der Waals surface area contributed by atoms with Crippen LogP contribution >= 0.6 is 35.6 Å². The number of carbonyl (C=O) groups excluding carboxylic acids is 2. The van der Waals surface area contributed by atoms with Crippen molar-refractivity contribution in [2.45, 2.75) is 6.42 Å². The zero-order valence-electron chi connectivity index (χ0n) is 17.0. The van der Waals surface area contributed by atoms with E-state index in [0.29, 0.717) is 19.9 Å². The Bertz CT molecular complexity index is 1180. The van der Waals surface area contributed by atoms with Crippen LogP contribution in [0, 0.1) is 0 Å². The molecule has 2 amide bonds. The van der Waals surface area contributed by atoms with E-state index in [4.69, 9.17) is 23.8 Å². The van der Waals surface area contributed by atoms with Gasteiger partial charge in [-0.1, -0.05) is 90.2 Å². The van der Waals surface area contributed by atoms with Gasteiger partial charge in [0.2, 0.25) is 5.91 Å². The number of thioether (sulfide) groups is 1. The van der Waals surface area contributed by atoms with Gasteiger partial charge in [-0.3, -0.25) is 14.5 Å². The summed E-state index contributed by atoms with van der Waals surface area (Å²) in [5, 5.41) is 3.39. The molecule has 0 spiro atoms. The van der Waals surface area contributed by atoms with Crippen LogP contribution in [0.2, 0.25) is 5.02 Å². The monoisotopic (exact) mass is 478 g/mol. The first-order chi connectivity index (χ1) is 15.5. The van der Waals surface area contributed by atoms with Gasteiger partial charge in [0.15, 0.2) is 0 Å². The molecule has 4 nitrogen and oxygen atoms in total. The lowest BCUT2D eigenvalue weighted by atomic mass is 10.0. The van der Waals surface area contributed by atoms with Crippen molar-refractivity contribution in [3.63, 3.8) is 0 Å². The molecule has 0 aromatic heterocycles. The molecule has 3 aromatic rings. The molecule has 0 saturated carbocycles. The van der Waals surface area contributed by atoms with E-state index in [2.05, 4.69) is 17.4 Å². The zero-order chi connectivity index (χ0) is 22.5. The quantitative estimate of drug-likeness (QED) is 0.336. The minimum absolute atomic E-state index is 0.147. The largest absolute Gasteiger partial charge is 0.326 e. The summed E-state index contributed by atoms with van der Waals surface area (Å²) in [6.07, 6.45) is 1.98. The molecule has 1 heterocycles. The lowest BCUT2D eigenvalue weighted by Crippen LogP contribution is -2.31. The number of nitrogens with zero attached hydrogens (tertiary/aromatic N) is 1. The molecule has 4 rings (SSSR count). The van der Waals surface area contributed by atoms with E-state index in [1.54, 1.807) is 24.3 Å². The molecular formula is C25H19ClN2O2S2. The first-order valence-electron chi connectivity index (χ1n) is 9.96. The van der Waals surface area contributed by atoms with Gasteiger partial charge >= 0.3 is 0 Å². The maximum absolute atomic E-state index is 12.8. The van der Waals surface area contributed by atoms with Crippen LogP contribution < -0.4 is 5.32 Å². The Morgan fingerprint density at radius 1 is 0.969 bits per heavy atom. The summed E-state index contributed by atoms with van der Waals surface area (Å²) in [5.41, 5.74) is 3.83. The number of amides is 2. The molecule has 0 unspecified atom stereocenters. The average molecular weight is 479 g/mol. The number of anilines is 1. The molecule has 1 aliphatic heterocycles. The molecule has 1 fully saturated rings. The molecule has 7 heteroatoms. The highest BCUT2D eigenvalue weighted by atomic mass is 35.5. The summed E-state index contributed by atoms with van der Waals surface area (Å²) in [7, 11) is 0. The molecule has 3 aromatic carbocycles. The van der Waals surface area contributed by atoms with Gasteiger partial charge in [0.1, 0.15) is 4.32 Å². The smallest absolute Gasteiger partial charge is 0.266 e. The lowest BCUT2D eigenvalue weighted by Gasteiger charge is -2.14. The van der Waals surface area contributed by atoms with Crippen LogP contribution in [-0.2, 0) is 9.59 Å². The highest BCUT2D eigenvalue weighted by Crippen LogP contribution is 2.33. The highest BCUT2D eigenvalue weighted by molar-refractivity contribution is 8.26. The van der Waals surface area contributed by atoms with Crippen LogP contribution in [-0.4, -0.2) is 27.6 Å². The summed E-state index contributed by atoms with van der Waals surface area (Å²) in [6, 6.07) is 25.0. The number of carbonyl (C=O) groups is 2. The molecular weight excluding hydrogens is 460 g/mol. The molecule has 160 valence electrons. The Labute approximate surface area is 201 Å². The van der Waals surface area contributed by atoms with Crippen LogP contribution in [0.3, 0.4) is 0 Å². The fraction of sp³-hybridized carbons (Fsp3) is 0.0800. The molecule has 0 radical (unpaired) electrons. The fourth-order valence-electron chi connectivity index (χ4n) is 3.22. The van der Waals surface area contributed by atoms with Crippen molar-refractivity contribution in [1.29, 1.82) is 0 Å². The van der Waals surface area contributed by atoms with Crippen LogP contribution in [0.25, 0.3) is 17.2 Å². The second-order valence-corrected chi connectivity index (χ2v) is 9.24. The number of benzene rings is 3. The van der Waals surface area contributed by atoms with Crippen molar-refractivity contribution < 1.29 is 9.59 Å². The Balaban J connectivity index is 1.37. The SMILES string of the molecule is O=C(CCN1C(=O)/C(=C/c2ccc(-c3ccccc3)cc2)SC1=S)Nc1ccc(Cl)cc1. The van der Waals surface area contributed by atoms with E-state index < -0.39 is 0 Å². The molecule has 0 atom stereocenters. The molecule has 0 aliphatic carbocycles. The van der Waals surface area contributed by atoms with Crippen molar-refractivity contribution in [3.8, 4) is 11.1 Å². The molecule has 1 aliphatic rings. The van der Waals surface area contributed by atoms with Crippen LogP contribution in [0.15, 0.2) is 83.8 Å². The summed E-state index contributed by atoms with van der Waals surface area (Å²) < 4.78 is 0.460. The summed E-state index contributed by atoms with van der Waals surface area (Å²) in [5.74, 6) is -0.367. The Kier molecular flexibility index (Phi) is 7.05. The maximum Gasteiger partial charge on any atom is 0.266 e. The second kappa shape index (κ2) is 10.1. The van der Waals surface area contributed by atoms with Gasteiger partial charge < -0.3 is 5.32 Å². The third-order valence-electron chi connectivity index (χ3n) is 4.88. The summed E-state index contributed by atoms with van der Waals surface area (Å²) in [4.78, 5) is 27.1. The van der Waals surface area contributed by atoms with E-state index in [1.165, 1.54) is 16.7 Å². The van der Waals surface area contributed by atoms with Crippen LogP contribution in [0.1, 0.15) is 12.0 Å². The maximum atomic E-state index is 12.8. The molecule has 32 heavy (non-hydrogen) atoms. The first kappa shape index (κ1) is 22.3. The predicted molar refractivity (Wildman–Crippen MR) is 136 cm³/mol. The Hall–Kier alpha value is -2.93. The number of halogens is 1. The Morgan fingerprint density at radius 2 is 1.62 bits per heavy atom. The van der Waals surface area contributed by atoms with Gasteiger partial charge in [0.05, 0.1) is 4.91 Å². The van der Waals surface area contributed by atoms with Crippen molar-refractivity contribution >= 4 is 63.5 Å². The topological polar surface area (TPSA) is 49.4 Å². The Morgan fingerprint density at radius 3 is 2.31 bits per heavy atom. The standard InChI is InChI=1S/C25H19ClN2O2S2/c26-20-10-12-21(13-11-20)27-23(29)14-15-28-24(30)22(32-25(28)31)16-17-6-8-19(9-7-17)18-4-2-1-3-5-18/h1-13,16H,14-15H2,(H,27,29)/b22-16-. The predicted octanol–water partition coefficient (Wildman–Crippen LogP) is 6.24. The normalized spacial score (nSPS) is 14.8. The molecule has 0 bridgehead atoms. The number of nitrogens with one attached hydrogen (secondary N) is 1. The summed E-state index contributed by atoms with van der Waals surface area (Å²) in [6.45, 7) is 0.231. The molecule has 1 N–H and O–H groups in total. The van der Waals surface area contributed by atoms with Crippen LogP contribution in [0.5, 0.6) is 0 Å². The van der Waals surface area contributed by atoms with E-state index in [0.717, 1.165) is 16.7 Å². The van der Waals surface area contributed by atoms with Crippen molar-refractivity contribution in [1.82, 2.24) is 4.90 Å². The zero-order valence-corrected chi connectivity index (χ0v) is 19.3. The summed E-state index contributed by atoms with van der Waals surface area (Å²) >= 11 is 12.5. The van der Waals surface area contributed by atoms with E-state index in [9.17, 15) is 9.59 Å². The van der Waals surface area contributed by atoms with E-state index in [1.807, 2.05) is 48.5 Å². The van der Waals surface area contributed by atoms with E-state index >= 15 is 0 Å². The first-order valence-corrected chi connectivity index (χ1v) is 11.6. The number of rotatable bonds is 6. The second-order valence-electron chi connectivity index (χ2n) is 7.13. The van der Waals surface area contributed by atoms with E-state index in [-0.39, 0.29) is 24.8 Å². The van der Waals surface area contributed by atoms with Gasteiger partial charge in [0.25, 0.3) is 5.91 Å². The van der Waals surface area contributed by atoms with Gasteiger partial charge in [-0.15, -0.1) is 0 Å². The highest BCUT2D eigenvalue weighted by Gasteiger charge is 2.32. The molecule has 1 saturated heterocycles. The van der Waals surface area contributed by atoms with Gasteiger partial charge in [-0.25, -0.2) is 0 Å². The van der Waals surface area contributed by atoms with Gasteiger partial charge in [-0.05, 0) is 47.0 Å². The van der Waals surface area contributed by atoms with Crippen molar-refractivity contribution in [3.05, 3.63) is 94.4 Å². The third-order valence-corrected chi connectivity index (χ3v) is 6.51. The average Bonchev–Trinajstić information content (AvgIpc) is 3.07. The van der Waals surface area contributed by atoms with Crippen molar-refractivity contribution in [2.75, 3.05) is 11.9 Å². The third kappa shape index (κ3) is 5.46. The number of hydrogen-bond acceptors (Lipinski definition) is 4. The van der Waals surface area contributed by atoms with Crippen LogP contribution in [0.4, 0.5) is 5.69 Å². The lowest BCUT2D eigenvalue weighted by molar-refractivity contribution is -0.122. The minimum atomic E-state index is -0.193.